The number of aryl methyl sites for hydroxylation is 1. The van der Waals surface area contributed by atoms with Crippen molar-refractivity contribution in [1.29, 1.82) is 0 Å². The fraction of sp³-hybridized carbons (Fsp3) is 0.722. The van der Waals surface area contributed by atoms with Crippen molar-refractivity contribution in [2.24, 2.45) is 16.7 Å². The number of carbonyl (C=O) groups is 2. The molecule has 148 valence electrons. The second-order valence-corrected chi connectivity index (χ2v) is 8.40. The first-order valence-electron chi connectivity index (χ1n) is 9.28. The number of H-pyrrole nitrogens is 1. The highest BCUT2D eigenvalue weighted by Crippen LogP contribution is 2.82. The standard InChI is InChI=1S/C18H22F3N3O3/c19-18(20,21)13-10(8-22-24-13)2-3-12(15(26)27)23-14(25)11-6-17(7-11)9-16(17)4-1-5-16/h8,11-12H,1-7,9H2,(H,22,24)(H,23,25)(H,26,27). The van der Waals surface area contributed by atoms with Crippen molar-refractivity contribution in [3.63, 3.8) is 0 Å². The van der Waals surface area contributed by atoms with Crippen LogP contribution >= 0.6 is 0 Å². The zero-order valence-corrected chi connectivity index (χ0v) is 14.7. The third-order valence-corrected chi connectivity index (χ3v) is 6.95. The van der Waals surface area contributed by atoms with Crippen LogP contribution in [0.15, 0.2) is 6.20 Å². The summed E-state index contributed by atoms with van der Waals surface area (Å²) in [5, 5.41) is 17.1. The molecule has 3 saturated carbocycles. The molecule has 3 N–H and O–H groups in total. The first-order valence-corrected chi connectivity index (χ1v) is 9.28. The first-order chi connectivity index (χ1) is 12.7. The van der Waals surface area contributed by atoms with Gasteiger partial charge < -0.3 is 10.4 Å². The van der Waals surface area contributed by atoms with Gasteiger partial charge in [-0.2, -0.15) is 18.3 Å². The highest BCUT2D eigenvalue weighted by molar-refractivity contribution is 5.85. The Labute approximate surface area is 153 Å². The molecule has 2 spiro atoms. The minimum Gasteiger partial charge on any atom is -0.480 e. The Morgan fingerprint density at radius 3 is 2.56 bits per heavy atom. The molecule has 27 heavy (non-hydrogen) atoms. The maximum atomic E-state index is 12.9. The molecule has 0 aromatic carbocycles. The van der Waals surface area contributed by atoms with Gasteiger partial charge >= 0.3 is 12.1 Å². The minimum absolute atomic E-state index is 0.101. The monoisotopic (exact) mass is 385 g/mol. The number of carboxylic acids is 1. The maximum Gasteiger partial charge on any atom is 0.433 e. The highest BCUT2D eigenvalue weighted by Gasteiger charge is 2.74. The number of hydrogen-bond acceptors (Lipinski definition) is 3. The Kier molecular flexibility index (Phi) is 4.05. The molecule has 9 heteroatoms. The van der Waals surface area contributed by atoms with Gasteiger partial charge in [0.25, 0.3) is 0 Å². The summed E-state index contributed by atoms with van der Waals surface area (Å²) < 4.78 is 38.6. The molecule has 4 rings (SSSR count). The van der Waals surface area contributed by atoms with Gasteiger partial charge in [-0.25, -0.2) is 4.79 Å². The van der Waals surface area contributed by atoms with Gasteiger partial charge in [-0.15, -0.1) is 0 Å². The van der Waals surface area contributed by atoms with Gasteiger partial charge in [-0.05, 0) is 55.8 Å². The molecule has 1 aromatic heterocycles. The zero-order valence-electron chi connectivity index (χ0n) is 14.7. The molecule has 1 heterocycles. The smallest absolute Gasteiger partial charge is 0.433 e. The topological polar surface area (TPSA) is 95.1 Å². The Morgan fingerprint density at radius 1 is 1.33 bits per heavy atom. The van der Waals surface area contributed by atoms with Crippen molar-refractivity contribution >= 4 is 11.9 Å². The van der Waals surface area contributed by atoms with Crippen molar-refractivity contribution in [2.75, 3.05) is 0 Å². The lowest BCUT2D eigenvalue weighted by atomic mass is 9.62. The highest BCUT2D eigenvalue weighted by atomic mass is 19.4. The van der Waals surface area contributed by atoms with Crippen molar-refractivity contribution in [3.8, 4) is 0 Å². The van der Waals surface area contributed by atoms with Crippen molar-refractivity contribution < 1.29 is 27.9 Å². The molecule has 0 saturated heterocycles. The number of alkyl halides is 3. The van der Waals surface area contributed by atoms with Crippen LogP contribution in [0.25, 0.3) is 0 Å². The van der Waals surface area contributed by atoms with Gasteiger partial charge in [0.15, 0.2) is 0 Å². The van der Waals surface area contributed by atoms with E-state index in [9.17, 15) is 27.9 Å². The van der Waals surface area contributed by atoms with Crippen LogP contribution < -0.4 is 5.32 Å². The molecular formula is C18H22F3N3O3. The Hall–Kier alpha value is -2.06. The molecule has 3 aliphatic carbocycles. The lowest BCUT2D eigenvalue weighted by Gasteiger charge is -2.43. The summed E-state index contributed by atoms with van der Waals surface area (Å²) in [5.41, 5.74) is -0.302. The number of amides is 1. The van der Waals surface area contributed by atoms with E-state index in [1.54, 1.807) is 0 Å². The van der Waals surface area contributed by atoms with E-state index in [0.717, 1.165) is 19.0 Å². The van der Waals surface area contributed by atoms with E-state index in [2.05, 4.69) is 10.4 Å². The first kappa shape index (κ1) is 18.3. The van der Waals surface area contributed by atoms with E-state index < -0.39 is 23.9 Å². The van der Waals surface area contributed by atoms with Crippen molar-refractivity contribution in [3.05, 3.63) is 17.5 Å². The van der Waals surface area contributed by atoms with Crippen molar-refractivity contribution in [2.45, 2.75) is 63.6 Å². The molecule has 0 radical (unpaired) electrons. The normalized spacial score (nSPS) is 29.1. The number of nitrogens with one attached hydrogen (secondary N) is 2. The number of hydrogen-bond donors (Lipinski definition) is 3. The van der Waals surface area contributed by atoms with Crippen LogP contribution in [0.5, 0.6) is 0 Å². The van der Waals surface area contributed by atoms with E-state index in [-0.39, 0.29) is 30.2 Å². The molecular weight excluding hydrogens is 363 g/mol. The van der Waals surface area contributed by atoms with Gasteiger partial charge in [-0.3, -0.25) is 9.89 Å². The summed E-state index contributed by atoms with van der Waals surface area (Å²) in [6, 6.07) is -1.21. The van der Waals surface area contributed by atoms with Crippen LogP contribution in [0.2, 0.25) is 0 Å². The zero-order chi connectivity index (χ0) is 19.4. The quantitative estimate of drug-likeness (QED) is 0.702. The predicted molar refractivity (Wildman–Crippen MR) is 87.5 cm³/mol. The molecule has 1 aromatic rings. The number of carbonyl (C=O) groups excluding carboxylic acids is 1. The number of nitrogens with zero attached hydrogens (tertiary/aromatic N) is 1. The largest absolute Gasteiger partial charge is 0.480 e. The number of aliphatic carboxylic acids is 1. The fourth-order valence-electron chi connectivity index (χ4n) is 5.15. The number of carboxylic acid groups (broad SMARTS) is 1. The SMILES string of the molecule is O=C(NC(CCc1cn[nH]c1C(F)(F)F)C(=O)O)C1CC2(C1)CC21CCC1. The van der Waals surface area contributed by atoms with E-state index in [0.29, 0.717) is 10.8 Å². The number of rotatable bonds is 6. The lowest BCUT2D eigenvalue weighted by Crippen LogP contribution is -2.48. The summed E-state index contributed by atoms with van der Waals surface area (Å²) in [5.74, 6) is -1.71. The summed E-state index contributed by atoms with van der Waals surface area (Å²) in [4.78, 5) is 23.8. The predicted octanol–water partition coefficient (Wildman–Crippen LogP) is 2.90. The second-order valence-electron chi connectivity index (χ2n) is 8.40. The number of halogens is 3. The summed E-state index contributed by atoms with van der Waals surface area (Å²) in [6.07, 6.45) is 2.76. The number of aromatic nitrogens is 2. The van der Waals surface area contributed by atoms with E-state index >= 15 is 0 Å². The second kappa shape index (κ2) is 5.97. The van der Waals surface area contributed by atoms with Gasteiger partial charge in [-0.1, -0.05) is 6.42 Å². The van der Waals surface area contributed by atoms with Gasteiger partial charge in [0.05, 0.1) is 6.20 Å². The average molecular weight is 385 g/mol. The molecule has 3 aliphatic rings. The van der Waals surface area contributed by atoms with E-state index in [1.165, 1.54) is 25.7 Å². The van der Waals surface area contributed by atoms with Crippen LogP contribution in [-0.2, 0) is 22.2 Å². The molecule has 6 nitrogen and oxygen atoms in total. The molecule has 0 bridgehead atoms. The van der Waals surface area contributed by atoms with E-state index in [4.69, 9.17) is 0 Å². The van der Waals surface area contributed by atoms with E-state index in [1.807, 2.05) is 5.10 Å². The van der Waals surface area contributed by atoms with Crippen molar-refractivity contribution in [1.82, 2.24) is 15.5 Å². The van der Waals surface area contributed by atoms with Crippen LogP contribution in [-0.4, -0.2) is 33.2 Å². The lowest BCUT2D eigenvalue weighted by molar-refractivity contribution is -0.144. The van der Waals surface area contributed by atoms with Gasteiger partial charge in [0.2, 0.25) is 5.91 Å². The Morgan fingerprint density at radius 2 is 2.04 bits per heavy atom. The van der Waals surface area contributed by atoms with Crippen LogP contribution in [0.3, 0.4) is 0 Å². The van der Waals surface area contributed by atoms with Crippen LogP contribution in [0, 0.1) is 16.7 Å². The third-order valence-electron chi connectivity index (χ3n) is 6.95. The molecule has 1 atom stereocenters. The maximum absolute atomic E-state index is 12.9. The molecule has 1 unspecified atom stereocenters. The summed E-state index contributed by atoms with van der Waals surface area (Å²) in [7, 11) is 0. The Bertz CT molecular complexity index is 763. The average Bonchev–Trinajstić information content (AvgIpc) is 3.02. The minimum atomic E-state index is -4.57. The molecule has 1 amide bonds. The van der Waals surface area contributed by atoms with Gasteiger partial charge in [0.1, 0.15) is 11.7 Å². The van der Waals surface area contributed by atoms with Crippen LogP contribution in [0.4, 0.5) is 13.2 Å². The Balaban J connectivity index is 1.31. The number of fused-ring (bicyclic) bond motifs is 1. The summed E-state index contributed by atoms with van der Waals surface area (Å²) in [6.45, 7) is 0. The molecule has 0 aliphatic heterocycles. The van der Waals surface area contributed by atoms with Gasteiger partial charge in [0, 0.05) is 11.5 Å². The van der Waals surface area contributed by atoms with Crippen LogP contribution in [0.1, 0.15) is 56.2 Å². The fourth-order valence-corrected chi connectivity index (χ4v) is 5.15. The number of aromatic amines is 1. The molecule has 3 fully saturated rings. The summed E-state index contributed by atoms with van der Waals surface area (Å²) >= 11 is 0. The third kappa shape index (κ3) is 3.00.